The molecule has 0 bridgehead atoms. The Morgan fingerprint density at radius 3 is 1.95 bits per heavy atom. The van der Waals surface area contributed by atoms with Crippen molar-refractivity contribution < 1.29 is 26.9 Å². The van der Waals surface area contributed by atoms with E-state index in [0.717, 1.165) is 43.5 Å². The Morgan fingerprint density at radius 2 is 1.45 bits per heavy atom. The van der Waals surface area contributed by atoms with Crippen molar-refractivity contribution in [3.63, 3.8) is 0 Å². The standard InChI is InChI=1S/C15H33NO5S/c1-4-8-16(9-5-2,10-7-15-22(17,18)19)11-12-21-14-13-20-6-3/h4-15H2,1-3H3. The van der Waals surface area contributed by atoms with Crippen LogP contribution in [-0.4, -0.2) is 75.8 Å². The van der Waals surface area contributed by atoms with E-state index < -0.39 is 10.1 Å². The van der Waals surface area contributed by atoms with Crippen molar-refractivity contribution in [2.24, 2.45) is 0 Å². The van der Waals surface area contributed by atoms with Gasteiger partial charge in [0.2, 0.25) is 0 Å². The van der Waals surface area contributed by atoms with E-state index in [1.54, 1.807) is 0 Å². The quantitative estimate of drug-likeness (QED) is 0.257. The fourth-order valence-electron chi connectivity index (χ4n) is 2.82. The third kappa shape index (κ3) is 11.4. The van der Waals surface area contributed by atoms with Gasteiger partial charge in [0, 0.05) is 18.8 Å². The molecule has 0 aromatic rings. The van der Waals surface area contributed by atoms with Crippen molar-refractivity contribution in [1.29, 1.82) is 0 Å². The van der Waals surface area contributed by atoms with Gasteiger partial charge in [-0.15, -0.1) is 0 Å². The maximum Gasteiger partial charge on any atom is 0.102 e. The van der Waals surface area contributed by atoms with Gasteiger partial charge in [0.15, 0.2) is 0 Å². The topological polar surface area (TPSA) is 75.7 Å². The summed E-state index contributed by atoms with van der Waals surface area (Å²) in [7, 11) is -4.12. The van der Waals surface area contributed by atoms with Gasteiger partial charge < -0.3 is 18.5 Å². The Morgan fingerprint density at radius 1 is 0.864 bits per heavy atom. The van der Waals surface area contributed by atoms with E-state index >= 15 is 0 Å². The highest BCUT2D eigenvalue weighted by atomic mass is 32.2. The second kappa shape index (κ2) is 12.2. The monoisotopic (exact) mass is 339 g/mol. The van der Waals surface area contributed by atoms with Gasteiger partial charge in [0.05, 0.1) is 49.6 Å². The summed E-state index contributed by atoms with van der Waals surface area (Å²) in [5.74, 6) is -0.272. The Balaban J connectivity index is 4.37. The molecule has 0 spiro atoms. The first-order chi connectivity index (χ1) is 10.4. The lowest BCUT2D eigenvalue weighted by Crippen LogP contribution is -2.52. The summed E-state index contributed by atoms with van der Waals surface area (Å²) in [5, 5.41) is 0. The summed E-state index contributed by atoms with van der Waals surface area (Å²) in [6.07, 6.45) is 2.48. The van der Waals surface area contributed by atoms with Gasteiger partial charge in [0.25, 0.3) is 0 Å². The molecule has 134 valence electrons. The molecule has 0 saturated carbocycles. The van der Waals surface area contributed by atoms with Crippen LogP contribution in [-0.2, 0) is 19.6 Å². The molecule has 0 aliphatic carbocycles. The lowest BCUT2D eigenvalue weighted by Gasteiger charge is -2.38. The zero-order chi connectivity index (χ0) is 16.9. The number of quaternary nitrogens is 1. The van der Waals surface area contributed by atoms with E-state index in [1.807, 2.05) is 6.92 Å². The van der Waals surface area contributed by atoms with E-state index in [0.29, 0.717) is 32.8 Å². The minimum absolute atomic E-state index is 0.272. The third-order valence-electron chi connectivity index (χ3n) is 3.71. The van der Waals surface area contributed by atoms with Gasteiger partial charge in [0.1, 0.15) is 6.54 Å². The summed E-state index contributed by atoms with van der Waals surface area (Å²) in [5.41, 5.74) is 0. The molecule has 0 unspecified atom stereocenters. The predicted molar refractivity (Wildman–Crippen MR) is 86.8 cm³/mol. The highest BCUT2D eigenvalue weighted by Crippen LogP contribution is 2.12. The minimum Gasteiger partial charge on any atom is -0.748 e. The molecule has 0 radical (unpaired) electrons. The molecular weight excluding hydrogens is 306 g/mol. The minimum atomic E-state index is -4.12. The molecule has 0 aliphatic heterocycles. The van der Waals surface area contributed by atoms with Crippen LogP contribution >= 0.6 is 0 Å². The SMILES string of the molecule is CCC[N+](CCC)(CCCS(=O)(=O)[O-])CCOCCOCC. The maximum absolute atomic E-state index is 10.8. The van der Waals surface area contributed by atoms with E-state index in [4.69, 9.17) is 9.47 Å². The molecule has 0 aromatic heterocycles. The summed E-state index contributed by atoms with van der Waals surface area (Å²) in [6, 6.07) is 0. The Bertz CT molecular complexity index is 353. The second-order valence-corrected chi connectivity index (χ2v) is 7.18. The van der Waals surface area contributed by atoms with Gasteiger partial charge in [-0.3, -0.25) is 0 Å². The third-order valence-corrected chi connectivity index (χ3v) is 4.50. The summed E-state index contributed by atoms with van der Waals surface area (Å²) >= 11 is 0. The van der Waals surface area contributed by atoms with Crippen molar-refractivity contribution in [2.45, 2.75) is 40.0 Å². The molecule has 0 amide bonds. The number of ether oxygens (including phenoxy) is 2. The molecule has 0 N–H and O–H groups in total. The van der Waals surface area contributed by atoms with E-state index in [2.05, 4.69) is 13.8 Å². The molecule has 0 fully saturated rings. The van der Waals surface area contributed by atoms with E-state index in [-0.39, 0.29) is 5.75 Å². The first kappa shape index (κ1) is 21.8. The largest absolute Gasteiger partial charge is 0.748 e. The van der Waals surface area contributed by atoms with Crippen LogP contribution in [0.2, 0.25) is 0 Å². The average Bonchev–Trinajstić information content (AvgIpc) is 2.42. The summed E-state index contributed by atoms with van der Waals surface area (Å²) in [6.45, 7) is 12.3. The smallest absolute Gasteiger partial charge is 0.102 e. The zero-order valence-corrected chi connectivity index (χ0v) is 15.2. The highest BCUT2D eigenvalue weighted by molar-refractivity contribution is 7.85. The number of hydrogen-bond acceptors (Lipinski definition) is 5. The van der Waals surface area contributed by atoms with Crippen molar-refractivity contribution in [3.05, 3.63) is 0 Å². The normalized spacial score (nSPS) is 12.7. The van der Waals surface area contributed by atoms with Crippen LogP contribution in [0.1, 0.15) is 40.0 Å². The number of rotatable bonds is 15. The summed E-state index contributed by atoms with van der Waals surface area (Å²) in [4.78, 5) is 0. The zero-order valence-electron chi connectivity index (χ0n) is 14.4. The van der Waals surface area contributed by atoms with Gasteiger partial charge >= 0.3 is 0 Å². The van der Waals surface area contributed by atoms with E-state index in [1.165, 1.54) is 0 Å². The van der Waals surface area contributed by atoms with Crippen LogP contribution in [0.5, 0.6) is 0 Å². The van der Waals surface area contributed by atoms with Crippen molar-refractivity contribution in [2.75, 3.05) is 58.4 Å². The number of nitrogens with zero attached hydrogens (tertiary/aromatic N) is 1. The van der Waals surface area contributed by atoms with Gasteiger partial charge in [-0.1, -0.05) is 13.8 Å². The van der Waals surface area contributed by atoms with Crippen LogP contribution in [0.25, 0.3) is 0 Å². The Hall–Kier alpha value is -0.210. The lowest BCUT2D eigenvalue weighted by molar-refractivity contribution is -0.928. The van der Waals surface area contributed by atoms with Crippen LogP contribution in [0.3, 0.4) is 0 Å². The van der Waals surface area contributed by atoms with Crippen LogP contribution < -0.4 is 0 Å². The van der Waals surface area contributed by atoms with Gasteiger partial charge in [-0.25, -0.2) is 8.42 Å². The molecule has 6 nitrogen and oxygen atoms in total. The molecule has 0 rings (SSSR count). The van der Waals surface area contributed by atoms with Crippen molar-refractivity contribution >= 4 is 10.1 Å². The van der Waals surface area contributed by atoms with Crippen molar-refractivity contribution in [3.8, 4) is 0 Å². The van der Waals surface area contributed by atoms with E-state index in [9.17, 15) is 13.0 Å². The van der Waals surface area contributed by atoms with Gasteiger partial charge in [-0.05, 0) is 19.8 Å². The fourth-order valence-corrected chi connectivity index (χ4v) is 3.30. The molecule has 0 atom stereocenters. The molecule has 0 saturated heterocycles. The molecule has 0 aromatic carbocycles. The molecule has 0 heterocycles. The van der Waals surface area contributed by atoms with Crippen LogP contribution in [0.15, 0.2) is 0 Å². The van der Waals surface area contributed by atoms with Crippen LogP contribution in [0.4, 0.5) is 0 Å². The predicted octanol–water partition coefficient (Wildman–Crippen LogP) is 1.61. The lowest BCUT2D eigenvalue weighted by atomic mass is 10.2. The second-order valence-electron chi connectivity index (χ2n) is 5.66. The highest BCUT2D eigenvalue weighted by Gasteiger charge is 2.25. The molecule has 22 heavy (non-hydrogen) atoms. The van der Waals surface area contributed by atoms with Crippen molar-refractivity contribution in [1.82, 2.24) is 0 Å². The maximum atomic E-state index is 10.8. The number of hydrogen-bond donors (Lipinski definition) is 0. The van der Waals surface area contributed by atoms with Gasteiger partial charge in [-0.2, -0.15) is 0 Å². The molecular formula is C15H33NO5S. The first-order valence-corrected chi connectivity index (χ1v) is 9.91. The van der Waals surface area contributed by atoms with Crippen LogP contribution in [0, 0.1) is 0 Å². The Kier molecular flexibility index (Phi) is 12.1. The molecule has 7 heteroatoms. The average molecular weight is 339 g/mol. The Labute approximate surface area is 136 Å². The fraction of sp³-hybridized carbons (Fsp3) is 1.00. The molecule has 0 aliphatic rings. The summed E-state index contributed by atoms with van der Waals surface area (Å²) < 4.78 is 44.1. The first-order valence-electron chi connectivity index (χ1n) is 8.33.